The zero-order chi connectivity index (χ0) is 17.6. The zero-order valence-electron chi connectivity index (χ0n) is 15.9. The normalized spacial score (nSPS) is 17.1. The van der Waals surface area contributed by atoms with Crippen LogP contribution in [0.3, 0.4) is 0 Å². The van der Waals surface area contributed by atoms with E-state index in [9.17, 15) is 0 Å². The molecule has 1 saturated heterocycles. The van der Waals surface area contributed by atoms with Crippen molar-refractivity contribution in [2.45, 2.75) is 39.0 Å². The highest BCUT2D eigenvalue weighted by Crippen LogP contribution is 2.12. The van der Waals surface area contributed by atoms with E-state index in [1.807, 2.05) is 12.1 Å². The van der Waals surface area contributed by atoms with E-state index >= 15 is 0 Å². The summed E-state index contributed by atoms with van der Waals surface area (Å²) in [6, 6.07) is 3.91. The topological polar surface area (TPSA) is 68.0 Å². The van der Waals surface area contributed by atoms with E-state index in [0.717, 1.165) is 83.5 Å². The van der Waals surface area contributed by atoms with E-state index < -0.39 is 0 Å². The van der Waals surface area contributed by atoms with Crippen LogP contribution >= 0.6 is 24.0 Å². The highest BCUT2D eigenvalue weighted by Gasteiger charge is 2.15. The van der Waals surface area contributed by atoms with Crippen LogP contribution in [0.4, 0.5) is 0 Å². The fourth-order valence-corrected chi connectivity index (χ4v) is 2.61. The van der Waals surface area contributed by atoms with Crippen LogP contribution in [0.25, 0.3) is 0 Å². The minimum atomic E-state index is 0. The molecule has 0 aliphatic carbocycles. The van der Waals surface area contributed by atoms with E-state index in [0.29, 0.717) is 5.92 Å². The predicted molar refractivity (Wildman–Crippen MR) is 115 cm³/mol. The van der Waals surface area contributed by atoms with E-state index in [2.05, 4.69) is 17.6 Å². The molecular weight excluding hydrogens is 445 g/mol. The maximum Gasteiger partial charge on any atom is 0.191 e. The second-order valence-electron chi connectivity index (χ2n) is 6.42. The Bertz CT molecular complexity index is 463. The Labute approximate surface area is 174 Å². The number of guanidine groups is 1. The first-order valence-corrected chi connectivity index (χ1v) is 9.58. The molecule has 2 N–H and O–H groups in total. The van der Waals surface area contributed by atoms with Crippen LogP contribution < -0.4 is 10.6 Å². The van der Waals surface area contributed by atoms with Crippen molar-refractivity contribution in [2.24, 2.45) is 10.9 Å². The number of hydrogen-bond donors (Lipinski definition) is 2. The van der Waals surface area contributed by atoms with Gasteiger partial charge >= 0.3 is 0 Å². The molecule has 7 heteroatoms. The van der Waals surface area contributed by atoms with Crippen LogP contribution in [-0.2, 0) is 15.9 Å². The lowest BCUT2D eigenvalue weighted by Crippen LogP contribution is -2.39. The van der Waals surface area contributed by atoms with Gasteiger partial charge in [-0.15, -0.1) is 24.0 Å². The summed E-state index contributed by atoms with van der Waals surface area (Å²) >= 11 is 0. The first-order chi connectivity index (χ1) is 12.4. The van der Waals surface area contributed by atoms with Crippen molar-refractivity contribution in [2.75, 3.05) is 46.1 Å². The number of nitrogens with one attached hydrogen (secondary N) is 2. The summed E-state index contributed by atoms with van der Waals surface area (Å²) in [4.78, 5) is 4.71. The molecule has 1 unspecified atom stereocenters. The van der Waals surface area contributed by atoms with Crippen LogP contribution in [0.15, 0.2) is 27.8 Å². The quantitative estimate of drug-likeness (QED) is 0.209. The van der Waals surface area contributed by atoms with Gasteiger partial charge in [0.2, 0.25) is 0 Å². The van der Waals surface area contributed by atoms with E-state index in [4.69, 9.17) is 18.9 Å². The minimum absolute atomic E-state index is 0. The van der Waals surface area contributed by atoms with Gasteiger partial charge in [0.1, 0.15) is 5.76 Å². The molecule has 1 atom stereocenters. The molecule has 0 aromatic carbocycles. The van der Waals surface area contributed by atoms with Gasteiger partial charge in [-0.3, -0.25) is 4.99 Å². The van der Waals surface area contributed by atoms with Gasteiger partial charge in [-0.1, -0.05) is 13.3 Å². The maximum atomic E-state index is 5.60. The average Bonchev–Trinajstić information content (AvgIpc) is 3.32. The number of hydrogen-bond acceptors (Lipinski definition) is 4. The SMILES string of the molecule is CCCCOCCCNC(=NCC1CCOC1)NCCc1ccco1.I. The minimum Gasteiger partial charge on any atom is -0.469 e. The molecule has 1 aliphatic rings. The third-order valence-electron chi connectivity index (χ3n) is 4.18. The number of nitrogens with zero attached hydrogens (tertiary/aromatic N) is 1. The Balaban J connectivity index is 0.00000338. The lowest BCUT2D eigenvalue weighted by atomic mass is 10.1. The van der Waals surface area contributed by atoms with Gasteiger partial charge in [0.05, 0.1) is 12.9 Å². The third-order valence-corrected chi connectivity index (χ3v) is 4.18. The number of rotatable bonds is 12. The first-order valence-electron chi connectivity index (χ1n) is 9.58. The second-order valence-corrected chi connectivity index (χ2v) is 6.42. The zero-order valence-corrected chi connectivity index (χ0v) is 18.2. The molecule has 0 amide bonds. The summed E-state index contributed by atoms with van der Waals surface area (Å²) in [5.74, 6) is 2.40. The summed E-state index contributed by atoms with van der Waals surface area (Å²) in [6.07, 6.45) is 6.96. The summed E-state index contributed by atoms with van der Waals surface area (Å²) in [5.41, 5.74) is 0. The molecule has 2 heterocycles. The van der Waals surface area contributed by atoms with Gasteiger partial charge in [-0.25, -0.2) is 0 Å². The standard InChI is InChI=1S/C19H33N3O3.HI/c1-2-3-11-23-12-5-9-20-19(22-15-17-8-14-24-16-17)21-10-7-18-6-4-13-25-18;/h4,6,13,17H,2-3,5,7-12,14-16H2,1H3,(H2,20,21,22);1H. The van der Waals surface area contributed by atoms with Gasteiger partial charge in [-0.05, 0) is 31.4 Å². The van der Waals surface area contributed by atoms with Gasteiger partial charge in [0.25, 0.3) is 0 Å². The smallest absolute Gasteiger partial charge is 0.191 e. The second kappa shape index (κ2) is 15.3. The highest BCUT2D eigenvalue weighted by molar-refractivity contribution is 14.0. The Kier molecular flexibility index (Phi) is 13.7. The molecule has 2 rings (SSSR count). The lowest BCUT2D eigenvalue weighted by molar-refractivity contribution is 0.129. The van der Waals surface area contributed by atoms with Crippen LogP contribution in [-0.4, -0.2) is 52.0 Å². The molecule has 1 aromatic heterocycles. The molecule has 0 bridgehead atoms. The first kappa shape index (κ1) is 23.2. The van der Waals surface area contributed by atoms with Gasteiger partial charge < -0.3 is 24.5 Å². The highest BCUT2D eigenvalue weighted by atomic mass is 127. The van der Waals surface area contributed by atoms with Gasteiger partial charge in [0.15, 0.2) is 5.96 Å². The van der Waals surface area contributed by atoms with Crippen molar-refractivity contribution >= 4 is 29.9 Å². The summed E-state index contributed by atoms with van der Waals surface area (Å²) in [6.45, 7) is 8.00. The number of unbranched alkanes of at least 4 members (excludes halogenated alkanes) is 1. The van der Waals surface area contributed by atoms with Crippen molar-refractivity contribution in [1.29, 1.82) is 0 Å². The Morgan fingerprint density at radius 1 is 1.27 bits per heavy atom. The molecule has 6 nitrogen and oxygen atoms in total. The Morgan fingerprint density at radius 2 is 2.12 bits per heavy atom. The molecular formula is C19H34IN3O3. The monoisotopic (exact) mass is 479 g/mol. The third kappa shape index (κ3) is 10.4. The number of furan rings is 1. The van der Waals surface area contributed by atoms with Crippen LogP contribution in [0.2, 0.25) is 0 Å². The molecule has 0 saturated carbocycles. The molecule has 150 valence electrons. The molecule has 0 radical (unpaired) electrons. The largest absolute Gasteiger partial charge is 0.469 e. The predicted octanol–water partition coefficient (Wildman–Crippen LogP) is 3.22. The molecule has 1 fully saturated rings. The fraction of sp³-hybridized carbons (Fsp3) is 0.737. The van der Waals surface area contributed by atoms with Gasteiger partial charge in [0, 0.05) is 51.8 Å². The van der Waals surface area contributed by atoms with E-state index in [1.165, 1.54) is 6.42 Å². The Hall–Kier alpha value is -0.800. The molecule has 0 spiro atoms. The van der Waals surface area contributed by atoms with Crippen LogP contribution in [0.1, 0.15) is 38.4 Å². The number of aliphatic imine (C=N–C) groups is 1. The maximum absolute atomic E-state index is 5.60. The Morgan fingerprint density at radius 3 is 2.85 bits per heavy atom. The average molecular weight is 479 g/mol. The summed E-state index contributed by atoms with van der Waals surface area (Å²) in [7, 11) is 0. The van der Waals surface area contributed by atoms with Crippen molar-refractivity contribution in [3.8, 4) is 0 Å². The van der Waals surface area contributed by atoms with Crippen LogP contribution in [0.5, 0.6) is 0 Å². The summed E-state index contributed by atoms with van der Waals surface area (Å²) < 4.78 is 16.4. The molecule has 1 aromatic rings. The fourth-order valence-electron chi connectivity index (χ4n) is 2.61. The van der Waals surface area contributed by atoms with Crippen molar-refractivity contribution < 1.29 is 13.9 Å². The summed E-state index contributed by atoms with van der Waals surface area (Å²) in [5, 5.41) is 6.79. The number of halogens is 1. The van der Waals surface area contributed by atoms with Crippen molar-refractivity contribution in [1.82, 2.24) is 10.6 Å². The van der Waals surface area contributed by atoms with Crippen LogP contribution in [0, 0.1) is 5.92 Å². The van der Waals surface area contributed by atoms with E-state index in [-0.39, 0.29) is 24.0 Å². The van der Waals surface area contributed by atoms with E-state index in [1.54, 1.807) is 6.26 Å². The lowest BCUT2D eigenvalue weighted by Gasteiger charge is -2.13. The molecule has 1 aliphatic heterocycles. The number of ether oxygens (including phenoxy) is 2. The van der Waals surface area contributed by atoms with Crippen molar-refractivity contribution in [3.63, 3.8) is 0 Å². The van der Waals surface area contributed by atoms with Crippen molar-refractivity contribution in [3.05, 3.63) is 24.2 Å². The van der Waals surface area contributed by atoms with Gasteiger partial charge in [-0.2, -0.15) is 0 Å². The molecule has 26 heavy (non-hydrogen) atoms.